The number of benzene rings is 1. The highest BCUT2D eigenvalue weighted by Gasteiger charge is 2.38. The summed E-state index contributed by atoms with van der Waals surface area (Å²) < 4.78 is 18.2. The molecule has 1 fully saturated rings. The Hall–Kier alpha value is -1.50. The van der Waals surface area contributed by atoms with Crippen LogP contribution in [0.15, 0.2) is 17.0 Å². The van der Waals surface area contributed by atoms with Crippen molar-refractivity contribution < 1.29 is 19.0 Å². The van der Waals surface area contributed by atoms with Crippen molar-refractivity contribution in [3.05, 3.63) is 28.2 Å². The van der Waals surface area contributed by atoms with E-state index >= 15 is 0 Å². The number of rotatable bonds is 12. The molecule has 1 atom stereocenters. The zero-order valence-corrected chi connectivity index (χ0v) is 24.4. The number of hydrogen-bond donors (Lipinski definition) is 0. The quantitative estimate of drug-likeness (QED) is 0.161. The molecule has 0 amide bonds. The number of carbonyl (C=O) groups is 1. The monoisotopic (exact) mass is 529 g/mol. The molecule has 37 heavy (non-hydrogen) atoms. The Morgan fingerprint density at radius 2 is 1.97 bits per heavy atom. The maximum absolute atomic E-state index is 13.0. The lowest BCUT2D eigenvalue weighted by molar-refractivity contribution is -0.134. The largest absolute Gasteiger partial charge is 0.482 e. The highest BCUT2D eigenvalue weighted by molar-refractivity contribution is 8.03. The van der Waals surface area contributed by atoms with E-state index in [1.807, 2.05) is 11.8 Å². The molecule has 1 aromatic rings. The Morgan fingerprint density at radius 3 is 2.76 bits per heavy atom. The lowest BCUT2D eigenvalue weighted by Gasteiger charge is -2.39. The SMILES string of the molecule is CCCCCC(C)CCc1cc(OC(=O)CCCN2CCOCC2)c2c(c1)OC(C)(C)C1=C2CCCS1. The third-order valence-corrected chi connectivity index (χ3v) is 9.36. The van der Waals surface area contributed by atoms with Crippen LogP contribution < -0.4 is 9.47 Å². The number of esters is 1. The summed E-state index contributed by atoms with van der Waals surface area (Å²) in [5.41, 5.74) is 3.19. The lowest BCUT2D eigenvalue weighted by atomic mass is 9.88. The fourth-order valence-corrected chi connectivity index (χ4v) is 6.97. The summed E-state index contributed by atoms with van der Waals surface area (Å²) in [5.74, 6) is 3.25. The van der Waals surface area contributed by atoms with Gasteiger partial charge in [-0.15, -0.1) is 11.8 Å². The maximum atomic E-state index is 13.0. The third-order valence-electron chi connectivity index (χ3n) is 7.84. The minimum Gasteiger partial charge on any atom is -0.482 e. The van der Waals surface area contributed by atoms with E-state index in [1.165, 1.54) is 41.7 Å². The first-order valence-corrected chi connectivity index (χ1v) is 15.6. The molecule has 0 N–H and O–H groups in total. The summed E-state index contributed by atoms with van der Waals surface area (Å²) in [6.07, 6.45) is 10.7. The molecule has 206 valence electrons. The Kier molecular flexibility index (Phi) is 10.4. The van der Waals surface area contributed by atoms with Gasteiger partial charge in [0.15, 0.2) is 0 Å². The second-order valence-electron chi connectivity index (χ2n) is 11.5. The summed E-state index contributed by atoms with van der Waals surface area (Å²) in [4.78, 5) is 16.7. The summed E-state index contributed by atoms with van der Waals surface area (Å²) in [6.45, 7) is 13.3. The van der Waals surface area contributed by atoms with Crippen molar-refractivity contribution in [1.29, 1.82) is 0 Å². The topological polar surface area (TPSA) is 48.0 Å². The lowest BCUT2D eigenvalue weighted by Crippen LogP contribution is -2.37. The minimum atomic E-state index is -0.348. The average Bonchev–Trinajstić information content (AvgIpc) is 2.88. The highest BCUT2D eigenvalue weighted by atomic mass is 32.2. The van der Waals surface area contributed by atoms with Gasteiger partial charge in [-0.05, 0) is 87.4 Å². The molecule has 0 bridgehead atoms. The standard InChI is InChI=1S/C31H47NO4S/c1-5-6-7-10-23(2)13-14-24-21-26(35-28(33)12-8-15-32-16-18-34-19-17-32)29-25-11-9-20-37-30(25)31(3,4)36-27(29)22-24/h21-23H,5-20H2,1-4H3. The molecule has 1 unspecified atom stereocenters. The highest BCUT2D eigenvalue weighted by Crippen LogP contribution is 2.53. The van der Waals surface area contributed by atoms with E-state index in [1.54, 1.807) is 0 Å². The molecule has 5 nitrogen and oxygen atoms in total. The Balaban J connectivity index is 1.50. The summed E-state index contributed by atoms with van der Waals surface area (Å²) in [6, 6.07) is 4.34. The number of allylic oxidation sites excluding steroid dienone is 1. The summed E-state index contributed by atoms with van der Waals surface area (Å²) >= 11 is 1.90. The van der Waals surface area contributed by atoms with Gasteiger partial charge in [-0.2, -0.15) is 0 Å². The van der Waals surface area contributed by atoms with E-state index in [2.05, 4.69) is 44.7 Å². The number of morpholine rings is 1. The van der Waals surface area contributed by atoms with Crippen molar-refractivity contribution in [3.63, 3.8) is 0 Å². The van der Waals surface area contributed by atoms with E-state index in [-0.39, 0.29) is 11.6 Å². The number of fused-ring (bicyclic) bond motifs is 2. The van der Waals surface area contributed by atoms with Crippen LogP contribution in [0, 0.1) is 5.92 Å². The minimum absolute atomic E-state index is 0.143. The fourth-order valence-electron chi connectivity index (χ4n) is 5.71. The molecule has 1 aromatic carbocycles. The second-order valence-corrected chi connectivity index (χ2v) is 12.6. The molecular weight excluding hydrogens is 482 g/mol. The van der Waals surface area contributed by atoms with E-state index in [9.17, 15) is 4.79 Å². The van der Waals surface area contributed by atoms with Gasteiger partial charge in [0, 0.05) is 24.4 Å². The van der Waals surface area contributed by atoms with Crippen molar-refractivity contribution in [1.82, 2.24) is 4.90 Å². The van der Waals surface area contributed by atoms with Crippen LogP contribution in [0.3, 0.4) is 0 Å². The summed E-state index contributed by atoms with van der Waals surface area (Å²) in [5, 5.41) is 0. The molecule has 0 spiro atoms. The zero-order chi connectivity index (χ0) is 26.3. The smallest absolute Gasteiger partial charge is 0.311 e. The van der Waals surface area contributed by atoms with Gasteiger partial charge >= 0.3 is 5.97 Å². The Labute approximate surface area is 228 Å². The number of unbranched alkanes of at least 4 members (excludes halogenated alkanes) is 2. The van der Waals surface area contributed by atoms with Crippen LogP contribution in [-0.2, 0) is 16.0 Å². The van der Waals surface area contributed by atoms with E-state index < -0.39 is 0 Å². The van der Waals surface area contributed by atoms with Crippen LogP contribution in [0.25, 0.3) is 5.57 Å². The van der Waals surface area contributed by atoms with Crippen LogP contribution in [0.5, 0.6) is 11.5 Å². The van der Waals surface area contributed by atoms with E-state index in [0.717, 1.165) is 82.0 Å². The Bertz CT molecular complexity index is 951. The van der Waals surface area contributed by atoms with Crippen LogP contribution in [0.4, 0.5) is 0 Å². The molecule has 0 aliphatic carbocycles. The molecule has 3 aliphatic rings. The van der Waals surface area contributed by atoms with Crippen molar-refractivity contribution in [2.45, 2.75) is 97.5 Å². The van der Waals surface area contributed by atoms with Gasteiger partial charge in [0.25, 0.3) is 0 Å². The van der Waals surface area contributed by atoms with E-state index in [4.69, 9.17) is 14.2 Å². The van der Waals surface area contributed by atoms with Crippen molar-refractivity contribution >= 4 is 23.3 Å². The molecule has 4 rings (SSSR count). The van der Waals surface area contributed by atoms with Crippen molar-refractivity contribution in [2.24, 2.45) is 5.92 Å². The van der Waals surface area contributed by atoms with Crippen LogP contribution >= 0.6 is 11.8 Å². The molecule has 6 heteroatoms. The van der Waals surface area contributed by atoms with Crippen LogP contribution in [0.1, 0.15) is 96.6 Å². The number of carbonyl (C=O) groups excluding carboxylic acids is 1. The second kappa shape index (κ2) is 13.5. The van der Waals surface area contributed by atoms with Gasteiger partial charge in [0.2, 0.25) is 0 Å². The van der Waals surface area contributed by atoms with E-state index in [0.29, 0.717) is 18.1 Å². The molecule has 3 aliphatic heterocycles. The normalized spacial score (nSPS) is 20.1. The molecule has 3 heterocycles. The molecular formula is C31H47NO4S. The van der Waals surface area contributed by atoms with Gasteiger partial charge in [0.05, 0.1) is 18.8 Å². The zero-order valence-electron chi connectivity index (χ0n) is 23.5. The first-order chi connectivity index (χ1) is 17.9. The number of aryl methyl sites for hydroxylation is 1. The van der Waals surface area contributed by atoms with Gasteiger partial charge in [-0.1, -0.05) is 39.5 Å². The van der Waals surface area contributed by atoms with Crippen molar-refractivity contribution in [3.8, 4) is 11.5 Å². The average molecular weight is 530 g/mol. The Morgan fingerprint density at radius 1 is 1.16 bits per heavy atom. The molecule has 0 saturated carbocycles. The van der Waals surface area contributed by atoms with Crippen LogP contribution in [-0.4, -0.2) is 55.1 Å². The summed E-state index contributed by atoms with van der Waals surface area (Å²) in [7, 11) is 0. The molecule has 0 aromatic heterocycles. The number of thioether (sulfide) groups is 1. The predicted molar refractivity (Wildman–Crippen MR) is 154 cm³/mol. The number of hydrogen-bond acceptors (Lipinski definition) is 6. The van der Waals surface area contributed by atoms with Gasteiger partial charge in [-0.25, -0.2) is 0 Å². The maximum Gasteiger partial charge on any atom is 0.311 e. The third kappa shape index (κ3) is 7.77. The van der Waals surface area contributed by atoms with Crippen molar-refractivity contribution in [2.75, 3.05) is 38.6 Å². The van der Waals surface area contributed by atoms with Gasteiger partial charge in [-0.3, -0.25) is 9.69 Å². The first-order valence-electron chi connectivity index (χ1n) is 14.6. The predicted octanol–water partition coefficient (Wildman–Crippen LogP) is 7.26. The fraction of sp³-hybridized carbons (Fsp3) is 0.710. The molecule has 0 radical (unpaired) electrons. The van der Waals surface area contributed by atoms with Gasteiger partial charge < -0.3 is 14.2 Å². The number of nitrogens with zero attached hydrogens (tertiary/aromatic N) is 1. The number of ether oxygens (including phenoxy) is 3. The first kappa shape index (κ1) is 28.5. The van der Waals surface area contributed by atoms with Crippen LogP contribution in [0.2, 0.25) is 0 Å². The van der Waals surface area contributed by atoms with Gasteiger partial charge in [0.1, 0.15) is 17.1 Å². The molecule has 1 saturated heterocycles.